The number of nitrogens with one attached hydrogen (secondary N) is 1. The lowest BCUT2D eigenvalue weighted by Crippen LogP contribution is -2.47. The highest BCUT2D eigenvalue weighted by Crippen LogP contribution is 2.32. The first-order valence-corrected chi connectivity index (χ1v) is 13.3. The minimum absolute atomic E-state index is 0.0550. The van der Waals surface area contributed by atoms with Gasteiger partial charge in [0.1, 0.15) is 0 Å². The Kier molecular flexibility index (Phi) is 8.12. The third-order valence-corrected chi connectivity index (χ3v) is 8.04. The number of alkyl halides is 3. The van der Waals surface area contributed by atoms with Crippen molar-refractivity contribution < 1.29 is 22.7 Å². The number of carbonyl (C=O) groups is 1. The number of hydrogen-bond donors (Lipinski definition) is 1. The lowest BCUT2D eigenvalue weighted by Gasteiger charge is -2.31. The summed E-state index contributed by atoms with van der Waals surface area (Å²) in [5.74, 6) is 0.282. The minimum Gasteiger partial charge on any atom is -0.381 e. The number of hydrogen-bond acceptors (Lipinski definition) is 5. The summed E-state index contributed by atoms with van der Waals surface area (Å²) in [6.45, 7) is 4.55. The minimum atomic E-state index is -4.36. The number of nitrogens with zero attached hydrogens (tertiary/aromatic N) is 3. The molecule has 1 aromatic carbocycles. The standard InChI is InChI=1S/C28H35F3N4O2/c29-28(30,31)24-6-5-21-7-11-34(16-23(21)14-24)19-27(36)33-26-18-35(25-8-12-37-13-9-25)17-22(26)4-3-20-2-1-10-32-15-20/h1-2,5-6,10,14-15,22,25-26H,3-4,7-9,11-13,16-19H2,(H,33,36)/t22-,26?/m0/s1. The van der Waals surface area contributed by atoms with Crippen molar-refractivity contribution in [2.24, 2.45) is 5.92 Å². The van der Waals surface area contributed by atoms with Gasteiger partial charge in [0.15, 0.2) is 0 Å². The van der Waals surface area contributed by atoms with Crippen molar-refractivity contribution in [2.45, 2.75) is 56.9 Å². The molecule has 1 aromatic heterocycles. The van der Waals surface area contributed by atoms with E-state index in [0.717, 1.165) is 63.6 Å². The summed E-state index contributed by atoms with van der Waals surface area (Å²) in [5.41, 5.74) is 2.16. The molecule has 0 spiro atoms. The number of likely N-dealkylation sites (tertiary alicyclic amines) is 1. The SMILES string of the molecule is O=C(CN1CCc2ccc(C(F)(F)F)cc2C1)NC1CN(C2CCOCC2)C[C@@H]1CCc1cccnc1. The van der Waals surface area contributed by atoms with Gasteiger partial charge in [0.05, 0.1) is 12.1 Å². The Morgan fingerprint density at radius 3 is 2.73 bits per heavy atom. The summed E-state index contributed by atoms with van der Waals surface area (Å²) < 4.78 is 45.1. The summed E-state index contributed by atoms with van der Waals surface area (Å²) in [5, 5.41) is 3.29. The van der Waals surface area contributed by atoms with Crippen molar-refractivity contribution in [3.63, 3.8) is 0 Å². The van der Waals surface area contributed by atoms with Crippen molar-refractivity contribution in [3.05, 3.63) is 65.0 Å². The molecule has 4 heterocycles. The predicted molar refractivity (Wildman–Crippen MR) is 134 cm³/mol. The van der Waals surface area contributed by atoms with Gasteiger partial charge in [0, 0.05) is 63.9 Å². The van der Waals surface area contributed by atoms with E-state index in [1.54, 1.807) is 12.3 Å². The summed E-state index contributed by atoms with van der Waals surface area (Å²) in [6, 6.07) is 8.54. The Morgan fingerprint density at radius 2 is 1.97 bits per heavy atom. The second-order valence-corrected chi connectivity index (χ2v) is 10.6. The summed E-state index contributed by atoms with van der Waals surface area (Å²) >= 11 is 0. The maximum Gasteiger partial charge on any atom is 0.416 e. The Morgan fingerprint density at radius 1 is 1.14 bits per heavy atom. The zero-order chi connectivity index (χ0) is 25.8. The number of aromatic nitrogens is 1. The molecule has 0 bridgehead atoms. The van der Waals surface area contributed by atoms with Gasteiger partial charge >= 0.3 is 6.18 Å². The van der Waals surface area contributed by atoms with E-state index in [4.69, 9.17) is 4.74 Å². The van der Waals surface area contributed by atoms with E-state index in [1.807, 2.05) is 17.2 Å². The quantitative estimate of drug-likeness (QED) is 0.609. The number of halogens is 3. The first-order valence-electron chi connectivity index (χ1n) is 13.3. The molecule has 1 N–H and O–H groups in total. The molecule has 0 aliphatic carbocycles. The third-order valence-electron chi connectivity index (χ3n) is 8.04. The number of amides is 1. The fourth-order valence-electron chi connectivity index (χ4n) is 5.99. The molecule has 9 heteroatoms. The second kappa shape index (κ2) is 11.5. The zero-order valence-electron chi connectivity index (χ0n) is 21.1. The van der Waals surface area contributed by atoms with Crippen LogP contribution >= 0.6 is 0 Å². The van der Waals surface area contributed by atoms with Gasteiger partial charge in [-0.05, 0) is 72.9 Å². The molecule has 37 heavy (non-hydrogen) atoms. The third kappa shape index (κ3) is 6.69. The highest BCUT2D eigenvalue weighted by atomic mass is 19.4. The van der Waals surface area contributed by atoms with Crippen LogP contribution < -0.4 is 5.32 Å². The van der Waals surface area contributed by atoms with Crippen LogP contribution in [0.5, 0.6) is 0 Å². The monoisotopic (exact) mass is 516 g/mol. The highest BCUT2D eigenvalue weighted by molar-refractivity contribution is 5.78. The molecule has 5 rings (SSSR count). The van der Waals surface area contributed by atoms with Crippen LogP contribution in [-0.4, -0.2) is 72.2 Å². The van der Waals surface area contributed by atoms with Crippen LogP contribution in [0.2, 0.25) is 0 Å². The van der Waals surface area contributed by atoms with E-state index in [0.29, 0.717) is 37.0 Å². The molecule has 6 nitrogen and oxygen atoms in total. The van der Waals surface area contributed by atoms with E-state index < -0.39 is 11.7 Å². The molecule has 1 amide bonds. The zero-order valence-corrected chi connectivity index (χ0v) is 21.1. The van der Waals surface area contributed by atoms with Gasteiger partial charge in [0.25, 0.3) is 0 Å². The van der Waals surface area contributed by atoms with Crippen LogP contribution in [0.15, 0.2) is 42.7 Å². The van der Waals surface area contributed by atoms with Gasteiger partial charge in [-0.15, -0.1) is 0 Å². The molecule has 1 unspecified atom stereocenters. The Bertz CT molecular complexity index is 1060. The van der Waals surface area contributed by atoms with E-state index >= 15 is 0 Å². The van der Waals surface area contributed by atoms with Crippen molar-refractivity contribution in [1.82, 2.24) is 20.1 Å². The fourth-order valence-corrected chi connectivity index (χ4v) is 5.99. The van der Waals surface area contributed by atoms with E-state index in [9.17, 15) is 18.0 Å². The smallest absolute Gasteiger partial charge is 0.381 e. The molecule has 2 aromatic rings. The van der Waals surface area contributed by atoms with Crippen LogP contribution in [-0.2, 0) is 35.1 Å². The Balaban J connectivity index is 1.20. The number of aryl methyl sites for hydroxylation is 1. The van der Waals surface area contributed by atoms with Crippen molar-refractivity contribution in [2.75, 3.05) is 39.4 Å². The molecule has 2 atom stereocenters. The molecule has 2 saturated heterocycles. The van der Waals surface area contributed by atoms with E-state index in [-0.39, 0.29) is 18.5 Å². The lowest BCUT2D eigenvalue weighted by atomic mass is 9.95. The summed E-state index contributed by atoms with van der Waals surface area (Å²) in [4.78, 5) is 21.8. The van der Waals surface area contributed by atoms with Crippen molar-refractivity contribution in [3.8, 4) is 0 Å². The normalized spacial score (nSPS) is 23.6. The number of carbonyl (C=O) groups excluding carboxylic acids is 1. The van der Waals surface area contributed by atoms with Gasteiger partial charge in [-0.1, -0.05) is 12.1 Å². The molecular weight excluding hydrogens is 481 g/mol. The lowest BCUT2D eigenvalue weighted by molar-refractivity contribution is -0.137. The first kappa shape index (κ1) is 26.1. The fraction of sp³-hybridized carbons (Fsp3) is 0.571. The average molecular weight is 517 g/mol. The van der Waals surface area contributed by atoms with Crippen LogP contribution in [0.1, 0.15) is 41.5 Å². The Labute approximate surface area is 216 Å². The Hall–Kier alpha value is -2.49. The largest absolute Gasteiger partial charge is 0.416 e. The number of rotatable bonds is 7. The highest BCUT2D eigenvalue weighted by Gasteiger charge is 2.37. The maximum absolute atomic E-state index is 13.2. The number of ether oxygens (including phenoxy) is 1. The summed E-state index contributed by atoms with van der Waals surface area (Å²) in [7, 11) is 0. The molecule has 2 fully saturated rings. The van der Waals surface area contributed by atoms with Crippen LogP contribution in [0.3, 0.4) is 0 Å². The van der Waals surface area contributed by atoms with Gasteiger partial charge in [0.2, 0.25) is 5.91 Å². The van der Waals surface area contributed by atoms with Crippen LogP contribution in [0.25, 0.3) is 0 Å². The van der Waals surface area contributed by atoms with Crippen LogP contribution in [0, 0.1) is 5.92 Å². The number of fused-ring (bicyclic) bond motifs is 1. The van der Waals surface area contributed by atoms with Crippen LogP contribution in [0.4, 0.5) is 13.2 Å². The predicted octanol–water partition coefficient (Wildman–Crippen LogP) is 3.69. The maximum atomic E-state index is 13.2. The van der Waals surface area contributed by atoms with Gasteiger partial charge in [-0.3, -0.25) is 19.6 Å². The van der Waals surface area contributed by atoms with E-state index in [1.165, 1.54) is 11.6 Å². The molecule has 200 valence electrons. The van der Waals surface area contributed by atoms with Crippen molar-refractivity contribution in [1.29, 1.82) is 0 Å². The average Bonchev–Trinajstić information content (AvgIpc) is 3.30. The van der Waals surface area contributed by atoms with Gasteiger partial charge < -0.3 is 10.1 Å². The summed E-state index contributed by atoms with van der Waals surface area (Å²) in [6.07, 6.45) is 3.87. The molecular formula is C28H35F3N4O2. The molecule has 3 aliphatic heterocycles. The van der Waals surface area contributed by atoms with Gasteiger partial charge in [-0.25, -0.2) is 0 Å². The first-order chi connectivity index (χ1) is 17.8. The number of pyridine rings is 1. The molecule has 0 radical (unpaired) electrons. The van der Waals surface area contributed by atoms with Crippen molar-refractivity contribution >= 4 is 5.91 Å². The number of benzene rings is 1. The van der Waals surface area contributed by atoms with Gasteiger partial charge in [-0.2, -0.15) is 13.2 Å². The second-order valence-electron chi connectivity index (χ2n) is 10.6. The molecule has 3 aliphatic rings. The topological polar surface area (TPSA) is 57.7 Å². The van der Waals surface area contributed by atoms with E-state index in [2.05, 4.69) is 21.3 Å². The molecule has 0 saturated carbocycles.